The van der Waals surface area contributed by atoms with Crippen LogP contribution in [-0.4, -0.2) is 31.2 Å². The molecule has 0 bridgehead atoms. The first kappa shape index (κ1) is 9.61. The van der Waals surface area contributed by atoms with Crippen LogP contribution < -0.4 is 5.32 Å². The van der Waals surface area contributed by atoms with Crippen molar-refractivity contribution in [2.24, 2.45) is 5.92 Å². The van der Waals surface area contributed by atoms with Gasteiger partial charge in [-0.3, -0.25) is 0 Å². The maximum absolute atomic E-state index is 11.1. The van der Waals surface area contributed by atoms with Gasteiger partial charge in [0.25, 0.3) is 0 Å². The van der Waals surface area contributed by atoms with Gasteiger partial charge in [0.2, 0.25) is 0 Å². The number of carbonyl (C=O) groups excluding carboxylic acids is 1. The third-order valence-corrected chi connectivity index (χ3v) is 3.15. The minimum absolute atomic E-state index is 0.348. The van der Waals surface area contributed by atoms with Gasteiger partial charge in [-0.25, -0.2) is 9.78 Å². The van der Waals surface area contributed by atoms with Gasteiger partial charge in [0.15, 0.2) is 5.69 Å². The van der Waals surface area contributed by atoms with Gasteiger partial charge in [0, 0.05) is 11.8 Å². The molecule has 1 saturated heterocycles. The summed E-state index contributed by atoms with van der Waals surface area (Å²) < 4.78 is 4.59. The van der Waals surface area contributed by atoms with E-state index in [4.69, 9.17) is 0 Å². The van der Waals surface area contributed by atoms with Crippen molar-refractivity contribution in [2.45, 2.75) is 6.42 Å². The lowest BCUT2D eigenvalue weighted by atomic mass is 10.0. The Morgan fingerprint density at radius 3 is 3.14 bits per heavy atom. The molecule has 1 aliphatic rings. The number of aromatic nitrogens is 1. The number of nitrogens with one attached hydrogen (secondary N) is 1. The van der Waals surface area contributed by atoms with Crippen LogP contribution in [0.2, 0.25) is 0 Å². The summed E-state index contributed by atoms with van der Waals surface area (Å²) in [5.41, 5.74) is 0.430. The van der Waals surface area contributed by atoms with E-state index >= 15 is 0 Å². The summed E-state index contributed by atoms with van der Waals surface area (Å²) in [5.74, 6) is 0.339. The molecule has 0 atom stereocenters. The molecule has 76 valence electrons. The normalized spacial score (nSPS) is 16.4. The number of esters is 1. The van der Waals surface area contributed by atoms with E-state index in [0.29, 0.717) is 11.6 Å². The van der Waals surface area contributed by atoms with Crippen molar-refractivity contribution in [1.82, 2.24) is 10.3 Å². The van der Waals surface area contributed by atoms with Crippen LogP contribution in [-0.2, 0) is 11.2 Å². The minimum atomic E-state index is -0.348. The standard InChI is InChI=1S/C9H12N2O2S/c1-13-9(12)7-5-14-8(11-7)2-6-3-10-4-6/h5-6,10H,2-4H2,1H3. The molecule has 0 aromatic carbocycles. The van der Waals surface area contributed by atoms with Gasteiger partial charge < -0.3 is 10.1 Å². The van der Waals surface area contributed by atoms with Crippen molar-refractivity contribution in [3.63, 3.8) is 0 Å². The van der Waals surface area contributed by atoms with E-state index in [-0.39, 0.29) is 5.97 Å². The van der Waals surface area contributed by atoms with E-state index in [9.17, 15) is 4.79 Å². The smallest absolute Gasteiger partial charge is 0.357 e. The highest BCUT2D eigenvalue weighted by Crippen LogP contribution is 2.17. The van der Waals surface area contributed by atoms with E-state index in [0.717, 1.165) is 24.5 Å². The second kappa shape index (κ2) is 4.06. The molecule has 5 heteroatoms. The van der Waals surface area contributed by atoms with Crippen LogP contribution in [0.1, 0.15) is 15.5 Å². The molecule has 1 aromatic rings. The third-order valence-electron chi connectivity index (χ3n) is 2.28. The van der Waals surface area contributed by atoms with Gasteiger partial charge in [-0.1, -0.05) is 0 Å². The largest absolute Gasteiger partial charge is 0.464 e. The first-order valence-electron chi connectivity index (χ1n) is 4.53. The van der Waals surface area contributed by atoms with E-state index in [2.05, 4.69) is 15.0 Å². The van der Waals surface area contributed by atoms with Crippen molar-refractivity contribution in [3.8, 4) is 0 Å². The van der Waals surface area contributed by atoms with Crippen LogP contribution in [0.4, 0.5) is 0 Å². The number of methoxy groups -OCH3 is 1. The SMILES string of the molecule is COC(=O)c1csc(CC2CNC2)n1. The fourth-order valence-corrected chi connectivity index (χ4v) is 2.22. The molecular weight excluding hydrogens is 200 g/mol. The van der Waals surface area contributed by atoms with Crippen LogP contribution >= 0.6 is 11.3 Å². The summed E-state index contributed by atoms with van der Waals surface area (Å²) in [6.45, 7) is 2.13. The van der Waals surface area contributed by atoms with Crippen LogP contribution in [0.15, 0.2) is 5.38 Å². The molecule has 1 aromatic heterocycles. The molecule has 0 saturated carbocycles. The topological polar surface area (TPSA) is 51.2 Å². The molecule has 0 spiro atoms. The molecule has 0 aliphatic carbocycles. The zero-order valence-electron chi connectivity index (χ0n) is 7.95. The van der Waals surface area contributed by atoms with Gasteiger partial charge in [-0.05, 0) is 19.0 Å². The molecule has 2 rings (SSSR count). The summed E-state index contributed by atoms with van der Waals surface area (Å²) in [7, 11) is 1.37. The van der Waals surface area contributed by atoms with Gasteiger partial charge in [0.1, 0.15) is 0 Å². The summed E-state index contributed by atoms with van der Waals surface area (Å²) in [5, 5.41) is 5.99. The summed E-state index contributed by atoms with van der Waals surface area (Å²) in [6, 6.07) is 0. The van der Waals surface area contributed by atoms with E-state index in [1.807, 2.05) is 0 Å². The quantitative estimate of drug-likeness (QED) is 0.749. The maximum atomic E-state index is 11.1. The Kier molecular flexibility index (Phi) is 2.79. The number of ether oxygens (including phenoxy) is 1. The van der Waals surface area contributed by atoms with E-state index < -0.39 is 0 Å². The van der Waals surface area contributed by atoms with Crippen molar-refractivity contribution in [2.75, 3.05) is 20.2 Å². The lowest BCUT2D eigenvalue weighted by molar-refractivity contribution is 0.0594. The van der Waals surface area contributed by atoms with Crippen molar-refractivity contribution in [1.29, 1.82) is 0 Å². The highest BCUT2D eigenvalue weighted by Gasteiger charge is 2.19. The monoisotopic (exact) mass is 212 g/mol. The number of rotatable bonds is 3. The number of hydrogen-bond acceptors (Lipinski definition) is 5. The van der Waals surface area contributed by atoms with E-state index in [1.165, 1.54) is 18.4 Å². The van der Waals surface area contributed by atoms with Crippen LogP contribution in [0.5, 0.6) is 0 Å². The Bertz CT molecular complexity index is 333. The minimum Gasteiger partial charge on any atom is -0.464 e. The Labute approximate surface area is 86.3 Å². The van der Waals surface area contributed by atoms with Crippen LogP contribution in [0.3, 0.4) is 0 Å². The molecular formula is C9H12N2O2S. The molecule has 4 nitrogen and oxygen atoms in total. The Hall–Kier alpha value is -0.940. The Morgan fingerprint density at radius 1 is 1.79 bits per heavy atom. The zero-order chi connectivity index (χ0) is 9.97. The summed E-state index contributed by atoms with van der Waals surface area (Å²) >= 11 is 1.53. The van der Waals surface area contributed by atoms with E-state index in [1.54, 1.807) is 5.38 Å². The maximum Gasteiger partial charge on any atom is 0.357 e. The average Bonchev–Trinajstić information content (AvgIpc) is 2.58. The third kappa shape index (κ3) is 1.93. The van der Waals surface area contributed by atoms with Gasteiger partial charge in [-0.15, -0.1) is 11.3 Å². The lowest BCUT2D eigenvalue weighted by Crippen LogP contribution is -2.43. The van der Waals surface area contributed by atoms with Gasteiger partial charge in [0.05, 0.1) is 12.1 Å². The van der Waals surface area contributed by atoms with Gasteiger partial charge in [-0.2, -0.15) is 0 Å². The average molecular weight is 212 g/mol. The second-order valence-corrected chi connectivity index (χ2v) is 4.29. The number of thiazole rings is 1. The van der Waals surface area contributed by atoms with Gasteiger partial charge >= 0.3 is 5.97 Å². The van der Waals surface area contributed by atoms with Crippen LogP contribution in [0.25, 0.3) is 0 Å². The van der Waals surface area contributed by atoms with Crippen LogP contribution in [0, 0.1) is 5.92 Å². The number of nitrogens with zero attached hydrogens (tertiary/aromatic N) is 1. The predicted octanol–water partition coefficient (Wildman–Crippen LogP) is 0.692. The molecule has 2 heterocycles. The Morgan fingerprint density at radius 2 is 2.57 bits per heavy atom. The lowest BCUT2D eigenvalue weighted by Gasteiger charge is -2.25. The molecule has 0 unspecified atom stereocenters. The van der Waals surface area contributed by atoms with Crippen molar-refractivity contribution < 1.29 is 9.53 Å². The Balaban J connectivity index is 1.98. The molecule has 1 N–H and O–H groups in total. The second-order valence-electron chi connectivity index (χ2n) is 3.35. The predicted molar refractivity (Wildman–Crippen MR) is 53.5 cm³/mol. The summed E-state index contributed by atoms with van der Waals surface area (Å²) in [6.07, 6.45) is 0.967. The first-order valence-corrected chi connectivity index (χ1v) is 5.41. The molecule has 14 heavy (non-hydrogen) atoms. The highest BCUT2D eigenvalue weighted by atomic mass is 32.1. The molecule has 1 fully saturated rings. The fraction of sp³-hybridized carbons (Fsp3) is 0.556. The van der Waals surface area contributed by atoms with Crippen molar-refractivity contribution >= 4 is 17.3 Å². The first-order chi connectivity index (χ1) is 6.79. The number of hydrogen-bond donors (Lipinski definition) is 1. The highest BCUT2D eigenvalue weighted by molar-refractivity contribution is 7.09. The zero-order valence-corrected chi connectivity index (χ0v) is 8.76. The molecule has 1 aliphatic heterocycles. The molecule has 0 amide bonds. The summed E-state index contributed by atoms with van der Waals surface area (Å²) in [4.78, 5) is 15.3. The molecule has 0 radical (unpaired) electrons. The van der Waals surface area contributed by atoms with Crippen molar-refractivity contribution in [3.05, 3.63) is 16.1 Å². The fourth-order valence-electron chi connectivity index (χ4n) is 1.34. The number of carbonyl (C=O) groups is 1.